The van der Waals surface area contributed by atoms with Gasteiger partial charge in [-0.1, -0.05) is 12.1 Å². The Morgan fingerprint density at radius 1 is 1.04 bits per heavy atom. The average molecular weight is 327 g/mol. The minimum atomic E-state index is -0.161. The van der Waals surface area contributed by atoms with Gasteiger partial charge in [0.05, 0.1) is 20.6 Å². The predicted molar refractivity (Wildman–Crippen MR) is 93.1 cm³/mol. The van der Waals surface area contributed by atoms with Crippen molar-refractivity contribution < 1.29 is 19.1 Å². The number of hydrogen-bond donors (Lipinski definition) is 1. The molecule has 0 aromatic heterocycles. The number of Topliss-reactive ketones (excluding diaryl/α,β-unsaturated/α-hetero) is 1. The van der Waals surface area contributed by atoms with Crippen LogP contribution in [0.25, 0.3) is 0 Å². The van der Waals surface area contributed by atoms with Gasteiger partial charge in [0.2, 0.25) is 5.91 Å². The monoisotopic (exact) mass is 327 g/mol. The van der Waals surface area contributed by atoms with Crippen molar-refractivity contribution in [3.05, 3.63) is 53.1 Å². The standard InChI is InChI=1S/C19H21NO4/c1-12-8-17(23-3)18(24-4)10-15(12)11-19(22)20-16-7-5-6-14(9-16)13(2)21/h5-10H,11H2,1-4H3,(H,20,22). The molecule has 0 radical (unpaired) electrons. The number of ketones is 1. The van der Waals surface area contributed by atoms with E-state index in [0.29, 0.717) is 22.7 Å². The number of hydrogen-bond acceptors (Lipinski definition) is 4. The van der Waals surface area contributed by atoms with Crippen LogP contribution in [-0.2, 0) is 11.2 Å². The third-order valence-corrected chi connectivity index (χ3v) is 3.75. The van der Waals surface area contributed by atoms with Gasteiger partial charge in [0.15, 0.2) is 17.3 Å². The lowest BCUT2D eigenvalue weighted by atomic mass is 10.0. The van der Waals surface area contributed by atoms with E-state index in [2.05, 4.69) is 5.32 Å². The Hall–Kier alpha value is -2.82. The van der Waals surface area contributed by atoms with Crippen LogP contribution in [-0.4, -0.2) is 25.9 Å². The number of methoxy groups -OCH3 is 2. The zero-order valence-corrected chi connectivity index (χ0v) is 14.3. The molecule has 0 spiro atoms. The van der Waals surface area contributed by atoms with E-state index in [0.717, 1.165) is 11.1 Å². The van der Waals surface area contributed by atoms with E-state index in [-0.39, 0.29) is 18.1 Å². The molecule has 5 nitrogen and oxygen atoms in total. The smallest absolute Gasteiger partial charge is 0.228 e. The second-order valence-electron chi connectivity index (χ2n) is 5.50. The van der Waals surface area contributed by atoms with Crippen molar-refractivity contribution in [1.82, 2.24) is 0 Å². The van der Waals surface area contributed by atoms with E-state index < -0.39 is 0 Å². The lowest BCUT2D eigenvalue weighted by Gasteiger charge is -2.13. The molecular formula is C19H21NO4. The number of rotatable bonds is 6. The molecule has 0 bridgehead atoms. The highest BCUT2D eigenvalue weighted by Crippen LogP contribution is 2.30. The van der Waals surface area contributed by atoms with Gasteiger partial charge in [0.25, 0.3) is 0 Å². The van der Waals surface area contributed by atoms with Crippen LogP contribution < -0.4 is 14.8 Å². The molecule has 0 aliphatic rings. The summed E-state index contributed by atoms with van der Waals surface area (Å²) in [4.78, 5) is 23.7. The van der Waals surface area contributed by atoms with Crippen molar-refractivity contribution in [2.75, 3.05) is 19.5 Å². The number of carbonyl (C=O) groups is 2. The van der Waals surface area contributed by atoms with Gasteiger partial charge < -0.3 is 14.8 Å². The maximum atomic E-state index is 12.3. The molecule has 1 N–H and O–H groups in total. The van der Waals surface area contributed by atoms with E-state index in [9.17, 15) is 9.59 Å². The number of amides is 1. The second-order valence-corrected chi connectivity index (χ2v) is 5.50. The summed E-state index contributed by atoms with van der Waals surface area (Å²) in [5.41, 5.74) is 2.97. The van der Waals surface area contributed by atoms with Gasteiger partial charge in [-0.05, 0) is 49.2 Å². The summed E-state index contributed by atoms with van der Waals surface area (Å²) in [6.07, 6.45) is 0.205. The van der Waals surface area contributed by atoms with Gasteiger partial charge in [-0.15, -0.1) is 0 Å². The molecular weight excluding hydrogens is 306 g/mol. The number of carbonyl (C=O) groups excluding carboxylic acids is 2. The summed E-state index contributed by atoms with van der Waals surface area (Å²) in [7, 11) is 3.13. The highest BCUT2D eigenvalue weighted by atomic mass is 16.5. The lowest BCUT2D eigenvalue weighted by molar-refractivity contribution is -0.115. The summed E-state index contributed by atoms with van der Waals surface area (Å²) >= 11 is 0. The van der Waals surface area contributed by atoms with Gasteiger partial charge in [0.1, 0.15) is 0 Å². The van der Waals surface area contributed by atoms with Crippen molar-refractivity contribution >= 4 is 17.4 Å². The van der Waals surface area contributed by atoms with Gasteiger partial charge in [-0.2, -0.15) is 0 Å². The molecule has 0 aliphatic carbocycles. The topological polar surface area (TPSA) is 64.6 Å². The first-order valence-electron chi connectivity index (χ1n) is 7.57. The van der Waals surface area contributed by atoms with Gasteiger partial charge >= 0.3 is 0 Å². The highest BCUT2D eigenvalue weighted by Gasteiger charge is 2.12. The van der Waals surface area contributed by atoms with E-state index in [1.54, 1.807) is 44.6 Å². The Kier molecular flexibility index (Phi) is 5.58. The maximum Gasteiger partial charge on any atom is 0.228 e. The molecule has 0 aliphatic heterocycles. The molecule has 0 atom stereocenters. The summed E-state index contributed by atoms with van der Waals surface area (Å²) < 4.78 is 10.5. The summed E-state index contributed by atoms with van der Waals surface area (Å²) in [5.74, 6) is 1.02. The largest absolute Gasteiger partial charge is 0.493 e. The fourth-order valence-electron chi connectivity index (χ4n) is 2.41. The summed E-state index contributed by atoms with van der Waals surface area (Å²) in [5, 5.41) is 2.82. The van der Waals surface area contributed by atoms with Gasteiger partial charge in [0, 0.05) is 11.3 Å². The molecule has 2 rings (SSSR count). The minimum Gasteiger partial charge on any atom is -0.493 e. The normalized spacial score (nSPS) is 10.2. The SMILES string of the molecule is COc1cc(C)c(CC(=O)Nc2cccc(C(C)=O)c2)cc1OC. The van der Waals surface area contributed by atoms with Crippen LogP contribution in [0.1, 0.15) is 28.4 Å². The third kappa shape index (κ3) is 4.13. The van der Waals surface area contributed by atoms with Crippen molar-refractivity contribution in [1.29, 1.82) is 0 Å². The molecule has 0 fully saturated rings. The second kappa shape index (κ2) is 7.64. The van der Waals surface area contributed by atoms with Crippen LogP contribution in [0, 0.1) is 6.92 Å². The van der Waals surface area contributed by atoms with Crippen molar-refractivity contribution in [3.8, 4) is 11.5 Å². The molecule has 2 aromatic carbocycles. The molecule has 126 valence electrons. The van der Waals surface area contributed by atoms with Crippen LogP contribution in [0.4, 0.5) is 5.69 Å². The summed E-state index contributed by atoms with van der Waals surface area (Å²) in [6.45, 7) is 3.41. The van der Waals surface area contributed by atoms with E-state index >= 15 is 0 Å². The number of ether oxygens (including phenoxy) is 2. The molecule has 5 heteroatoms. The van der Waals surface area contributed by atoms with Crippen LogP contribution in [0.2, 0.25) is 0 Å². The fraction of sp³-hybridized carbons (Fsp3) is 0.263. The summed E-state index contributed by atoms with van der Waals surface area (Å²) in [6, 6.07) is 10.5. The number of nitrogens with one attached hydrogen (secondary N) is 1. The lowest BCUT2D eigenvalue weighted by Crippen LogP contribution is -2.15. The molecule has 0 unspecified atom stereocenters. The Bertz CT molecular complexity index is 768. The van der Waals surface area contributed by atoms with Crippen molar-refractivity contribution in [2.45, 2.75) is 20.3 Å². The predicted octanol–water partition coefficient (Wildman–Crippen LogP) is 3.40. The van der Waals surface area contributed by atoms with E-state index in [4.69, 9.17) is 9.47 Å². The number of aryl methyl sites for hydroxylation is 1. The molecule has 0 saturated heterocycles. The molecule has 0 heterocycles. The van der Waals surface area contributed by atoms with Gasteiger partial charge in [-0.25, -0.2) is 0 Å². The first-order chi connectivity index (χ1) is 11.4. The van der Waals surface area contributed by atoms with Crippen LogP contribution >= 0.6 is 0 Å². The van der Waals surface area contributed by atoms with Crippen LogP contribution in [0.5, 0.6) is 11.5 Å². The minimum absolute atomic E-state index is 0.0400. The van der Waals surface area contributed by atoms with Crippen LogP contribution in [0.3, 0.4) is 0 Å². The zero-order valence-electron chi connectivity index (χ0n) is 14.3. The molecule has 1 amide bonds. The average Bonchev–Trinajstić information content (AvgIpc) is 2.56. The van der Waals surface area contributed by atoms with Crippen LogP contribution in [0.15, 0.2) is 36.4 Å². The van der Waals surface area contributed by atoms with E-state index in [1.807, 2.05) is 13.0 Å². The van der Waals surface area contributed by atoms with Crippen molar-refractivity contribution in [2.24, 2.45) is 0 Å². The van der Waals surface area contributed by atoms with Gasteiger partial charge in [-0.3, -0.25) is 9.59 Å². The Balaban J connectivity index is 2.15. The Morgan fingerprint density at radius 2 is 1.71 bits per heavy atom. The zero-order chi connectivity index (χ0) is 17.7. The Labute approximate surface area is 141 Å². The van der Waals surface area contributed by atoms with E-state index in [1.165, 1.54) is 6.92 Å². The quantitative estimate of drug-likeness (QED) is 0.826. The fourth-order valence-corrected chi connectivity index (χ4v) is 2.41. The number of benzene rings is 2. The molecule has 0 saturated carbocycles. The molecule has 2 aromatic rings. The first-order valence-corrected chi connectivity index (χ1v) is 7.57. The molecule has 24 heavy (non-hydrogen) atoms. The third-order valence-electron chi connectivity index (χ3n) is 3.75. The Morgan fingerprint density at radius 3 is 2.33 bits per heavy atom. The van der Waals surface area contributed by atoms with Crippen molar-refractivity contribution in [3.63, 3.8) is 0 Å². The first kappa shape index (κ1) is 17.5. The maximum absolute atomic E-state index is 12.3. The highest BCUT2D eigenvalue weighted by molar-refractivity contribution is 5.97. The number of anilines is 1.